The van der Waals surface area contributed by atoms with Crippen LogP contribution < -0.4 is 4.74 Å². The summed E-state index contributed by atoms with van der Waals surface area (Å²) in [5.74, 6) is 1.17. The molecule has 5 nitrogen and oxygen atoms in total. The molecule has 25 heavy (non-hydrogen) atoms. The molecule has 0 radical (unpaired) electrons. The van der Waals surface area contributed by atoms with E-state index < -0.39 is 11.7 Å². The van der Waals surface area contributed by atoms with E-state index in [2.05, 4.69) is 15.5 Å². The molecule has 3 rings (SSSR count). The molecule has 0 saturated carbocycles. The van der Waals surface area contributed by atoms with Gasteiger partial charge in [-0.2, -0.15) is 17.9 Å². The number of nitrogens with zero attached hydrogens (tertiary/aromatic N) is 4. The van der Waals surface area contributed by atoms with Crippen LogP contribution in [0, 0.1) is 0 Å². The number of benzene rings is 2. The molecule has 0 aliphatic carbocycles. The zero-order valence-electron chi connectivity index (χ0n) is 13.1. The number of hydrogen-bond acceptors (Lipinski definition) is 5. The van der Waals surface area contributed by atoms with Gasteiger partial charge in [0, 0.05) is 5.75 Å². The van der Waals surface area contributed by atoms with Gasteiger partial charge in [0.1, 0.15) is 5.75 Å². The number of rotatable bonds is 5. The summed E-state index contributed by atoms with van der Waals surface area (Å²) >= 11 is 1.34. The van der Waals surface area contributed by atoms with Gasteiger partial charge in [-0.3, -0.25) is 0 Å². The van der Waals surface area contributed by atoms with E-state index in [4.69, 9.17) is 4.74 Å². The molecule has 0 fully saturated rings. The Morgan fingerprint density at radius 1 is 1.04 bits per heavy atom. The molecule has 130 valence electrons. The van der Waals surface area contributed by atoms with Crippen molar-refractivity contribution in [2.45, 2.75) is 17.1 Å². The summed E-state index contributed by atoms with van der Waals surface area (Å²) < 4.78 is 44.4. The number of halogens is 3. The van der Waals surface area contributed by atoms with Crippen molar-refractivity contribution in [1.29, 1.82) is 0 Å². The molecule has 0 aliphatic heterocycles. The fourth-order valence-corrected chi connectivity index (χ4v) is 2.94. The van der Waals surface area contributed by atoms with E-state index in [9.17, 15) is 13.2 Å². The summed E-state index contributed by atoms with van der Waals surface area (Å²) in [7, 11) is 1.58. The standard InChI is InChI=1S/C16H13F3N4OS/c1-24-14-8-6-13(7-9-14)23-15(20-21-22-23)25-10-11-2-4-12(5-3-11)16(17,18)19/h2-9H,10H2,1H3. The summed E-state index contributed by atoms with van der Waals surface area (Å²) in [6.07, 6.45) is -4.33. The highest BCUT2D eigenvalue weighted by atomic mass is 32.2. The summed E-state index contributed by atoms with van der Waals surface area (Å²) in [5, 5.41) is 12.1. The van der Waals surface area contributed by atoms with Crippen molar-refractivity contribution in [3.63, 3.8) is 0 Å². The molecule has 0 amide bonds. The van der Waals surface area contributed by atoms with Crippen LogP contribution in [0.25, 0.3) is 5.69 Å². The van der Waals surface area contributed by atoms with Crippen LogP contribution in [0.15, 0.2) is 53.7 Å². The number of alkyl halides is 3. The lowest BCUT2D eigenvalue weighted by Gasteiger charge is -2.08. The maximum Gasteiger partial charge on any atom is 0.416 e. The van der Waals surface area contributed by atoms with Gasteiger partial charge in [0.25, 0.3) is 0 Å². The van der Waals surface area contributed by atoms with Gasteiger partial charge < -0.3 is 4.74 Å². The molecule has 0 atom stereocenters. The SMILES string of the molecule is COc1ccc(-n2nnnc2SCc2ccc(C(F)(F)F)cc2)cc1. The molecule has 0 aliphatic rings. The number of methoxy groups -OCH3 is 1. The number of thioether (sulfide) groups is 1. The lowest BCUT2D eigenvalue weighted by Crippen LogP contribution is -2.04. The first-order valence-electron chi connectivity index (χ1n) is 7.19. The van der Waals surface area contributed by atoms with E-state index in [1.165, 1.54) is 23.9 Å². The molecule has 1 heterocycles. The molecule has 0 bridgehead atoms. The smallest absolute Gasteiger partial charge is 0.416 e. The minimum atomic E-state index is -4.33. The topological polar surface area (TPSA) is 52.8 Å². The van der Waals surface area contributed by atoms with Gasteiger partial charge in [-0.05, 0) is 52.4 Å². The van der Waals surface area contributed by atoms with E-state index in [1.54, 1.807) is 23.9 Å². The van der Waals surface area contributed by atoms with Gasteiger partial charge in [-0.15, -0.1) is 5.10 Å². The van der Waals surface area contributed by atoms with Gasteiger partial charge >= 0.3 is 6.18 Å². The predicted octanol–water partition coefficient (Wildman–Crippen LogP) is 3.98. The zero-order valence-corrected chi connectivity index (χ0v) is 13.9. The predicted molar refractivity (Wildman–Crippen MR) is 86.7 cm³/mol. The summed E-state index contributed by atoms with van der Waals surface area (Å²) in [5.41, 5.74) is 0.854. The molecule has 3 aromatic rings. The molecule has 1 aromatic heterocycles. The molecule has 9 heteroatoms. The van der Waals surface area contributed by atoms with Crippen molar-refractivity contribution >= 4 is 11.8 Å². The highest BCUT2D eigenvalue weighted by Crippen LogP contribution is 2.30. The third kappa shape index (κ3) is 4.11. The zero-order chi connectivity index (χ0) is 17.9. The molecule has 0 saturated heterocycles. The van der Waals surface area contributed by atoms with E-state index in [0.717, 1.165) is 29.1 Å². The average molecular weight is 366 g/mol. The van der Waals surface area contributed by atoms with Crippen LogP contribution in [0.2, 0.25) is 0 Å². The maximum atomic E-state index is 12.6. The van der Waals surface area contributed by atoms with Crippen molar-refractivity contribution in [3.05, 3.63) is 59.7 Å². The molecule has 0 N–H and O–H groups in total. The Morgan fingerprint density at radius 3 is 2.32 bits per heavy atom. The third-order valence-corrected chi connectivity index (χ3v) is 4.40. The van der Waals surface area contributed by atoms with Crippen LogP contribution in [0.3, 0.4) is 0 Å². The van der Waals surface area contributed by atoms with E-state index in [-0.39, 0.29) is 0 Å². The average Bonchev–Trinajstić information content (AvgIpc) is 3.08. The maximum absolute atomic E-state index is 12.6. The lowest BCUT2D eigenvalue weighted by atomic mass is 10.1. The van der Waals surface area contributed by atoms with Gasteiger partial charge in [-0.25, -0.2) is 0 Å². The fraction of sp³-hybridized carbons (Fsp3) is 0.188. The van der Waals surface area contributed by atoms with Crippen molar-refractivity contribution in [2.24, 2.45) is 0 Å². The van der Waals surface area contributed by atoms with Crippen LogP contribution in [0.5, 0.6) is 5.75 Å². The largest absolute Gasteiger partial charge is 0.497 e. The molecule has 0 unspecified atom stereocenters. The Labute approximate surface area is 145 Å². The third-order valence-electron chi connectivity index (χ3n) is 3.41. The normalized spacial score (nSPS) is 11.5. The van der Waals surface area contributed by atoms with Gasteiger partial charge in [-0.1, -0.05) is 23.9 Å². The molecular formula is C16H13F3N4OS. The van der Waals surface area contributed by atoms with Crippen molar-refractivity contribution in [1.82, 2.24) is 20.2 Å². The van der Waals surface area contributed by atoms with Crippen LogP contribution in [-0.4, -0.2) is 27.3 Å². The molecular weight excluding hydrogens is 353 g/mol. The Bertz CT molecular complexity index is 832. The second kappa shape index (κ2) is 7.14. The summed E-state index contributed by atoms with van der Waals surface area (Å²) in [4.78, 5) is 0. The van der Waals surface area contributed by atoms with Crippen LogP contribution in [0.4, 0.5) is 13.2 Å². The van der Waals surface area contributed by atoms with E-state index >= 15 is 0 Å². The van der Waals surface area contributed by atoms with Crippen molar-refractivity contribution in [3.8, 4) is 11.4 Å². The van der Waals surface area contributed by atoms with Crippen LogP contribution in [-0.2, 0) is 11.9 Å². The Hall–Kier alpha value is -2.55. The fourth-order valence-electron chi connectivity index (χ4n) is 2.09. The van der Waals surface area contributed by atoms with Gasteiger partial charge in [0.2, 0.25) is 5.16 Å². The summed E-state index contributed by atoms with van der Waals surface area (Å²) in [6, 6.07) is 12.3. The van der Waals surface area contributed by atoms with Gasteiger partial charge in [0.05, 0.1) is 18.4 Å². The van der Waals surface area contributed by atoms with Crippen LogP contribution in [0.1, 0.15) is 11.1 Å². The Morgan fingerprint density at radius 2 is 1.72 bits per heavy atom. The Balaban J connectivity index is 1.71. The van der Waals surface area contributed by atoms with Crippen molar-refractivity contribution < 1.29 is 17.9 Å². The Kier molecular flexibility index (Phi) is 4.93. The highest BCUT2D eigenvalue weighted by Gasteiger charge is 2.29. The first-order valence-corrected chi connectivity index (χ1v) is 8.17. The first kappa shape index (κ1) is 17.3. The number of ether oxygens (including phenoxy) is 1. The quantitative estimate of drug-likeness (QED) is 0.639. The number of aromatic nitrogens is 4. The highest BCUT2D eigenvalue weighted by molar-refractivity contribution is 7.98. The van der Waals surface area contributed by atoms with E-state index in [1.807, 2.05) is 12.1 Å². The van der Waals surface area contributed by atoms with Gasteiger partial charge in [0.15, 0.2) is 0 Å². The molecule has 0 spiro atoms. The first-order chi connectivity index (χ1) is 12.0. The lowest BCUT2D eigenvalue weighted by molar-refractivity contribution is -0.137. The van der Waals surface area contributed by atoms with E-state index in [0.29, 0.717) is 10.9 Å². The minimum Gasteiger partial charge on any atom is -0.497 e. The monoisotopic (exact) mass is 366 g/mol. The second-order valence-electron chi connectivity index (χ2n) is 5.05. The second-order valence-corrected chi connectivity index (χ2v) is 6.00. The molecule has 2 aromatic carbocycles. The summed E-state index contributed by atoms with van der Waals surface area (Å²) in [6.45, 7) is 0. The van der Waals surface area contributed by atoms with Crippen LogP contribution >= 0.6 is 11.8 Å². The minimum absolute atomic E-state index is 0.453. The number of tetrazole rings is 1. The number of hydrogen-bond donors (Lipinski definition) is 0. The van der Waals surface area contributed by atoms with Crippen molar-refractivity contribution in [2.75, 3.05) is 7.11 Å².